The number of hydrogen-bond donors (Lipinski definition) is 2. The number of hydrogen-bond acceptors (Lipinski definition) is 4. The van der Waals surface area contributed by atoms with Crippen LogP contribution in [0.5, 0.6) is 0 Å². The maximum Gasteiger partial charge on any atom is 0.137 e. The van der Waals surface area contributed by atoms with Gasteiger partial charge in [-0.05, 0) is 6.92 Å². The molecule has 2 N–H and O–H groups in total. The number of nitrogens with zero attached hydrogens (tertiary/aromatic N) is 4. The molecule has 0 unspecified atom stereocenters. The van der Waals surface area contributed by atoms with Crippen LogP contribution in [0.15, 0.2) is 12.5 Å². The Balaban J connectivity index is 1.74. The highest BCUT2D eigenvalue weighted by Crippen LogP contribution is 2.04. The van der Waals surface area contributed by atoms with Crippen LogP contribution >= 0.6 is 0 Å². The summed E-state index contributed by atoms with van der Waals surface area (Å²) in [6, 6.07) is 0. The molecule has 0 fully saturated rings. The molecule has 6 heteroatoms. The summed E-state index contributed by atoms with van der Waals surface area (Å²) in [7, 11) is 1.95. The molecule has 86 valence electrons. The monoisotopic (exact) mass is 220 g/mol. The van der Waals surface area contributed by atoms with Crippen LogP contribution in [0.25, 0.3) is 0 Å². The molecular formula is C10H16N6. The molecule has 0 radical (unpaired) electrons. The number of aromatic nitrogens is 5. The molecule has 16 heavy (non-hydrogen) atoms. The summed E-state index contributed by atoms with van der Waals surface area (Å²) in [5.41, 5.74) is 2.44. The Morgan fingerprint density at radius 2 is 2.38 bits per heavy atom. The topological polar surface area (TPSA) is 71.4 Å². The Labute approximate surface area is 94.1 Å². The molecule has 2 heterocycles. The standard InChI is InChI=1S/C10H16N6/c1-8-9(6-14-16(8)2)5-11-4-3-10-12-7-13-15-10/h6-7,11H,3-5H2,1-2H3,(H,12,13,15). The Morgan fingerprint density at radius 3 is 3.00 bits per heavy atom. The van der Waals surface area contributed by atoms with Crippen molar-refractivity contribution < 1.29 is 0 Å². The van der Waals surface area contributed by atoms with Crippen molar-refractivity contribution in [2.75, 3.05) is 6.54 Å². The molecule has 0 amide bonds. The third-order valence-electron chi connectivity index (χ3n) is 2.66. The maximum absolute atomic E-state index is 4.19. The second-order valence-corrected chi connectivity index (χ2v) is 3.74. The van der Waals surface area contributed by atoms with E-state index < -0.39 is 0 Å². The van der Waals surface area contributed by atoms with Gasteiger partial charge in [0.2, 0.25) is 0 Å². The first-order valence-corrected chi connectivity index (χ1v) is 5.30. The van der Waals surface area contributed by atoms with Crippen LogP contribution in [-0.2, 0) is 20.0 Å². The summed E-state index contributed by atoms with van der Waals surface area (Å²) in [4.78, 5) is 4.06. The van der Waals surface area contributed by atoms with Crippen molar-refractivity contribution in [1.29, 1.82) is 0 Å². The molecule has 0 atom stereocenters. The van der Waals surface area contributed by atoms with Crippen LogP contribution in [-0.4, -0.2) is 31.5 Å². The van der Waals surface area contributed by atoms with E-state index in [4.69, 9.17) is 0 Å². The number of nitrogens with one attached hydrogen (secondary N) is 2. The lowest BCUT2D eigenvalue weighted by molar-refractivity contribution is 0.666. The second kappa shape index (κ2) is 4.89. The number of aromatic amines is 1. The lowest BCUT2D eigenvalue weighted by Crippen LogP contribution is -2.17. The summed E-state index contributed by atoms with van der Waals surface area (Å²) in [6.07, 6.45) is 4.29. The van der Waals surface area contributed by atoms with Gasteiger partial charge < -0.3 is 5.32 Å². The molecule has 2 aromatic rings. The Morgan fingerprint density at radius 1 is 1.50 bits per heavy atom. The largest absolute Gasteiger partial charge is 0.312 e. The van der Waals surface area contributed by atoms with E-state index in [1.54, 1.807) is 0 Å². The molecule has 0 aliphatic rings. The van der Waals surface area contributed by atoms with E-state index in [0.29, 0.717) is 0 Å². The van der Waals surface area contributed by atoms with Crippen LogP contribution in [0.1, 0.15) is 17.1 Å². The van der Waals surface area contributed by atoms with Crippen LogP contribution in [0.3, 0.4) is 0 Å². The van der Waals surface area contributed by atoms with E-state index in [-0.39, 0.29) is 0 Å². The number of aryl methyl sites for hydroxylation is 1. The molecule has 0 bridgehead atoms. The minimum atomic E-state index is 0.841. The number of H-pyrrole nitrogens is 1. The van der Waals surface area contributed by atoms with Crippen LogP contribution in [0.4, 0.5) is 0 Å². The highest BCUT2D eigenvalue weighted by molar-refractivity contribution is 5.15. The van der Waals surface area contributed by atoms with Gasteiger partial charge in [-0.25, -0.2) is 4.98 Å². The van der Waals surface area contributed by atoms with Crippen molar-refractivity contribution >= 4 is 0 Å². The van der Waals surface area contributed by atoms with E-state index in [0.717, 1.165) is 25.3 Å². The maximum atomic E-state index is 4.19. The lowest BCUT2D eigenvalue weighted by Gasteiger charge is -2.02. The Bertz CT molecular complexity index is 430. The summed E-state index contributed by atoms with van der Waals surface area (Å²) in [5.74, 6) is 0.912. The van der Waals surface area contributed by atoms with Crippen molar-refractivity contribution in [3.05, 3.63) is 29.6 Å². The molecule has 2 aromatic heterocycles. The Kier molecular flexibility index (Phi) is 3.31. The predicted octanol–water partition coefficient (Wildman–Crippen LogP) is 0.179. The van der Waals surface area contributed by atoms with E-state index in [2.05, 4.69) is 32.5 Å². The lowest BCUT2D eigenvalue weighted by atomic mass is 10.2. The minimum Gasteiger partial charge on any atom is -0.312 e. The predicted molar refractivity (Wildman–Crippen MR) is 59.7 cm³/mol. The van der Waals surface area contributed by atoms with E-state index in [1.165, 1.54) is 17.6 Å². The minimum absolute atomic E-state index is 0.841. The van der Waals surface area contributed by atoms with Gasteiger partial charge in [0.1, 0.15) is 12.2 Å². The summed E-state index contributed by atoms with van der Waals surface area (Å²) >= 11 is 0. The first-order chi connectivity index (χ1) is 7.77. The zero-order valence-corrected chi connectivity index (χ0v) is 9.56. The quantitative estimate of drug-likeness (QED) is 0.705. The smallest absolute Gasteiger partial charge is 0.137 e. The van der Waals surface area contributed by atoms with E-state index in [9.17, 15) is 0 Å². The van der Waals surface area contributed by atoms with Crippen LogP contribution in [0.2, 0.25) is 0 Å². The number of rotatable bonds is 5. The highest BCUT2D eigenvalue weighted by Gasteiger charge is 2.02. The molecular weight excluding hydrogens is 204 g/mol. The van der Waals surface area contributed by atoms with Crippen molar-refractivity contribution in [2.24, 2.45) is 7.05 Å². The van der Waals surface area contributed by atoms with Crippen molar-refractivity contribution in [3.63, 3.8) is 0 Å². The molecule has 0 saturated carbocycles. The van der Waals surface area contributed by atoms with Gasteiger partial charge in [-0.3, -0.25) is 9.78 Å². The fourth-order valence-electron chi connectivity index (χ4n) is 1.50. The van der Waals surface area contributed by atoms with Gasteiger partial charge in [-0.1, -0.05) is 0 Å². The van der Waals surface area contributed by atoms with Gasteiger partial charge in [-0.15, -0.1) is 0 Å². The summed E-state index contributed by atoms with van der Waals surface area (Å²) in [5, 5.41) is 14.2. The zero-order valence-electron chi connectivity index (χ0n) is 9.56. The van der Waals surface area contributed by atoms with Gasteiger partial charge in [-0.2, -0.15) is 10.2 Å². The summed E-state index contributed by atoms with van der Waals surface area (Å²) < 4.78 is 1.88. The van der Waals surface area contributed by atoms with Crippen LogP contribution in [0, 0.1) is 6.92 Å². The molecule has 0 spiro atoms. The normalized spacial score (nSPS) is 10.9. The highest BCUT2D eigenvalue weighted by atomic mass is 15.3. The van der Waals surface area contributed by atoms with Gasteiger partial charge in [0, 0.05) is 37.8 Å². The van der Waals surface area contributed by atoms with Crippen molar-refractivity contribution in [3.8, 4) is 0 Å². The second-order valence-electron chi connectivity index (χ2n) is 3.74. The van der Waals surface area contributed by atoms with E-state index >= 15 is 0 Å². The zero-order chi connectivity index (χ0) is 11.4. The Hall–Kier alpha value is -1.69. The van der Waals surface area contributed by atoms with Gasteiger partial charge in [0.05, 0.1) is 6.20 Å². The molecule has 0 saturated heterocycles. The van der Waals surface area contributed by atoms with Crippen LogP contribution < -0.4 is 5.32 Å². The van der Waals surface area contributed by atoms with Gasteiger partial charge in [0.15, 0.2) is 0 Å². The summed E-state index contributed by atoms with van der Waals surface area (Å²) in [6.45, 7) is 3.79. The fraction of sp³-hybridized carbons (Fsp3) is 0.500. The molecule has 2 rings (SSSR count). The molecule has 0 aliphatic heterocycles. The van der Waals surface area contributed by atoms with E-state index in [1.807, 2.05) is 17.9 Å². The fourth-order valence-corrected chi connectivity index (χ4v) is 1.50. The SMILES string of the molecule is Cc1c(CNCCc2ncn[nH]2)cnn1C. The van der Waals surface area contributed by atoms with Crippen molar-refractivity contribution in [1.82, 2.24) is 30.3 Å². The average molecular weight is 220 g/mol. The van der Waals surface area contributed by atoms with Gasteiger partial charge in [0.25, 0.3) is 0 Å². The molecule has 0 aromatic carbocycles. The first-order valence-electron chi connectivity index (χ1n) is 5.30. The average Bonchev–Trinajstić information content (AvgIpc) is 2.88. The van der Waals surface area contributed by atoms with Crippen molar-refractivity contribution in [2.45, 2.75) is 19.9 Å². The third-order valence-corrected chi connectivity index (χ3v) is 2.66. The molecule has 6 nitrogen and oxygen atoms in total. The first kappa shape index (κ1) is 10.8. The third kappa shape index (κ3) is 2.46. The molecule has 0 aliphatic carbocycles. The van der Waals surface area contributed by atoms with Gasteiger partial charge >= 0.3 is 0 Å².